The number of aromatic hydroxyl groups is 1. The largest absolute Gasteiger partial charge is 0.507 e. The highest BCUT2D eigenvalue weighted by Gasteiger charge is 2.16. The zero-order chi connectivity index (χ0) is 21.5. The van der Waals surface area contributed by atoms with Crippen LogP contribution in [0.15, 0.2) is 76.3 Å². The number of amides is 1. The minimum absolute atomic E-state index is 0.243. The Balaban J connectivity index is 1.62. The average molecular weight is 470 g/mol. The van der Waals surface area contributed by atoms with Crippen molar-refractivity contribution in [2.24, 2.45) is 5.10 Å². The van der Waals surface area contributed by atoms with Crippen LogP contribution in [0, 0.1) is 10.1 Å². The summed E-state index contributed by atoms with van der Waals surface area (Å²) in [6, 6.07) is 18.1. The minimum Gasteiger partial charge on any atom is -0.507 e. The number of hydrazone groups is 1. The van der Waals surface area contributed by atoms with E-state index in [1.54, 1.807) is 24.3 Å². The summed E-state index contributed by atoms with van der Waals surface area (Å²) in [5, 5.41) is 24.4. The van der Waals surface area contributed by atoms with Crippen LogP contribution in [0.1, 0.15) is 21.5 Å². The van der Waals surface area contributed by atoms with Crippen LogP contribution in [-0.4, -0.2) is 22.2 Å². The van der Waals surface area contributed by atoms with E-state index in [-0.39, 0.29) is 17.0 Å². The fourth-order valence-corrected chi connectivity index (χ4v) is 2.74. The number of nitrogens with one attached hydrogen (secondary N) is 1. The third-order valence-corrected chi connectivity index (χ3v) is 4.52. The standard InChI is InChI=1S/C21H16BrN3O5/c22-16-6-4-14(5-7-16)13-30-18-3-1-2-15(10-18)12-23-24-21(27)19-11-17(25(28)29)8-9-20(19)26/h1-12,26H,13H2,(H,24,27)/b23-12+. The summed E-state index contributed by atoms with van der Waals surface area (Å²) in [6.45, 7) is 0.399. The van der Waals surface area contributed by atoms with Gasteiger partial charge >= 0.3 is 0 Å². The first-order chi connectivity index (χ1) is 14.4. The second-order valence-electron chi connectivity index (χ2n) is 6.15. The Morgan fingerprint density at radius 2 is 1.93 bits per heavy atom. The quantitative estimate of drug-likeness (QED) is 0.302. The first-order valence-electron chi connectivity index (χ1n) is 8.70. The van der Waals surface area contributed by atoms with Gasteiger partial charge in [0.05, 0.1) is 16.7 Å². The third-order valence-electron chi connectivity index (χ3n) is 3.99. The predicted octanol–water partition coefficient (Wildman–Crippen LogP) is 4.41. The first kappa shape index (κ1) is 21.0. The molecule has 9 heteroatoms. The molecule has 2 N–H and O–H groups in total. The Labute approximate surface area is 180 Å². The summed E-state index contributed by atoms with van der Waals surface area (Å²) in [4.78, 5) is 22.3. The number of nitro benzene ring substituents is 1. The number of carbonyl (C=O) groups is 1. The van der Waals surface area contributed by atoms with Crippen molar-refractivity contribution in [2.45, 2.75) is 6.61 Å². The lowest BCUT2D eigenvalue weighted by Gasteiger charge is -2.07. The number of ether oxygens (including phenoxy) is 1. The number of halogens is 1. The number of carbonyl (C=O) groups excluding carboxylic acids is 1. The molecule has 0 heterocycles. The van der Waals surface area contributed by atoms with E-state index in [9.17, 15) is 20.0 Å². The van der Waals surface area contributed by atoms with Crippen LogP contribution in [0.25, 0.3) is 0 Å². The fraction of sp³-hybridized carbons (Fsp3) is 0.0476. The highest BCUT2D eigenvalue weighted by Crippen LogP contribution is 2.22. The molecule has 3 aromatic carbocycles. The number of non-ortho nitro benzene ring substituents is 1. The Morgan fingerprint density at radius 3 is 2.67 bits per heavy atom. The number of hydrogen-bond donors (Lipinski definition) is 2. The van der Waals surface area contributed by atoms with Gasteiger partial charge in [-0.3, -0.25) is 14.9 Å². The van der Waals surface area contributed by atoms with Crippen molar-refractivity contribution in [3.63, 3.8) is 0 Å². The molecular weight excluding hydrogens is 454 g/mol. The maximum absolute atomic E-state index is 12.1. The summed E-state index contributed by atoms with van der Waals surface area (Å²) in [7, 11) is 0. The van der Waals surface area contributed by atoms with Crippen molar-refractivity contribution in [3.05, 3.63) is 98.0 Å². The first-order valence-corrected chi connectivity index (χ1v) is 9.50. The van der Waals surface area contributed by atoms with Gasteiger partial charge in [0.2, 0.25) is 0 Å². The van der Waals surface area contributed by atoms with Gasteiger partial charge in [0.15, 0.2) is 0 Å². The van der Waals surface area contributed by atoms with Gasteiger partial charge in [0, 0.05) is 16.6 Å². The van der Waals surface area contributed by atoms with Gasteiger partial charge in [-0.25, -0.2) is 5.43 Å². The maximum atomic E-state index is 12.1. The van der Waals surface area contributed by atoms with E-state index in [0.29, 0.717) is 17.9 Å². The number of hydrogen-bond acceptors (Lipinski definition) is 6. The third kappa shape index (κ3) is 5.65. The number of nitrogens with zero attached hydrogens (tertiary/aromatic N) is 2. The van der Waals surface area contributed by atoms with Crippen LogP contribution in [0.5, 0.6) is 11.5 Å². The second-order valence-corrected chi connectivity index (χ2v) is 7.06. The lowest BCUT2D eigenvalue weighted by Crippen LogP contribution is -2.18. The summed E-state index contributed by atoms with van der Waals surface area (Å²) in [6.07, 6.45) is 1.40. The molecule has 0 atom stereocenters. The Kier molecular flexibility index (Phi) is 6.76. The number of phenols is 1. The van der Waals surface area contributed by atoms with Crippen molar-refractivity contribution in [3.8, 4) is 11.5 Å². The molecule has 0 radical (unpaired) electrons. The van der Waals surface area contributed by atoms with Gasteiger partial charge in [-0.15, -0.1) is 0 Å². The molecule has 0 aliphatic heterocycles. The monoisotopic (exact) mass is 469 g/mol. The van der Waals surface area contributed by atoms with Gasteiger partial charge in [-0.1, -0.05) is 40.2 Å². The van der Waals surface area contributed by atoms with Crippen molar-refractivity contribution in [1.82, 2.24) is 5.43 Å². The number of benzene rings is 3. The molecular formula is C21H16BrN3O5. The highest BCUT2D eigenvalue weighted by molar-refractivity contribution is 9.10. The molecule has 3 aromatic rings. The Hall–Kier alpha value is -3.72. The molecule has 0 saturated carbocycles. The van der Waals surface area contributed by atoms with Crippen LogP contribution < -0.4 is 10.2 Å². The lowest BCUT2D eigenvalue weighted by molar-refractivity contribution is -0.384. The molecule has 0 spiro atoms. The van der Waals surface area contributed by atoms with Crippen LogP contribution in [0.2, 0.25) is 0 Å². The van der Waals surface area contributed by atoms with Gasteiger partial charge in [0.1, 0.15) is 18.1 Å². The van der Waals surface area contributed by atoms with Crippen molar-refractivity contribution in [1.29, 1.82) is 0 Å². The molecule has 3 rings (SSSR count). The normalized spacial score (nSPS) is 10.7. The maximum Gasteiger partial charge on any atom is 0.275 e. The molecule has 0 bridgehead atoms. The Bertz CT molecular complexity index is 1100. The van der Waals surface area contributed by atoms with Crippen molar-refractivity contribution in [2.75, 3.05) is 0 Å². The van der Waals surface area contributed by atoms with E-state index in [0.717, 1.165) is 28.2 Å². The molecule has 0 aromatic heterocycles. The summed E-state index contributed by atoms with van der Waals surface area (Å²) >= 11 is 3.38. The fourth-order valence-electron chi connectivity index (χ4n) is 2.48. The van der Waals surface area contributed by atoms with Crippen molar-refractivity contribution >= 4 is 33.7 Å². The number of rotatable bonds is 7. The molecule has 8 nitrogen and oxygen atoms in total. The molecule has 1 amide bonds. The van der Waals surface area contributed by atoms with Gasteiger partial charge < -0.3 is 9.84 Å². The summed E-state index contributed by atoms with van der Waals surface area (Å²) in [5.41, 5.74) is 3.38. The molecule has 0 aliphatic rings. The minimum atomic E-state index is -0.768. The molecule has 152 valence electrons. The van der Waals surface area contributed by atoms with E-state index in [2.05, 4.69) is 26.5 Å². The molecule has 0 unspecified atom stereocenters. The van der Waals surface area contributed by atoms with Gasteiger partial charge in [0.25, 0.3) is 11.6 Å². The topological polar surface area (TPSA) is 114 Å². The molecule has 0 saturated heterocycles. The Morgan fingerprint density at radius 1 is 1.17 bits per heavy atom. The van der Waals surface area contributed by atoms with Crippen LogP contribution >= 0.6 is 15.9 Å². The second kappa shape index (κ2) is 9.66. The molecule has 0 aliphatic carbocycles. The van der Waals surface area contributed by atoms with E-state index < -0.39 is 10.8 Å². The number of nitro groups is 1. The van der Waals surface area contributed by atoms with Gasteiger partial charge in [-0.05, 0) is 41.5 Å². The highest BCUT2D eigenvalue weighted by atomic mass is 79.9. The van der Waals surface area contributed by atoms with Crippen molar-refractivity contribution < 1.29 is 19.6 Å². The van der Waals surface area contributed by atoms with Crippen LogP contribution in [-0.2, 0) is 6.61 Å². The molecule has 30 heavy (non-hydrogen) atoms. The zero-order valence-electron chi connectivity index (χ0n) is 15.5. The van der Waals surface area contributed by atoms with E-state index in [1.807, 2.05) is 24.3 Å². The summed E-state index contributed by atoms with van der Waals surface area (Å²) < 4.78 is 6.75. The summed E-state index contributed by atoms with van der Waals surface area (Å²) in [5.74, 6) is -0.517. The van der Waals surface area contributed by atoms with Crippen LogP contribution in [0.3, 0.4) is 0 Å². The molecule has 0 fully saturated rings. The number of phenolic OH excluding ortho intramolecular Hbond substituents is 1. The van der Waals surface area contributed by atoms with Gasteiger partial charge in [-0.2, -0.15) is 5.10 Å². The average Bonchev–Trinajstić information content (AvgIpc) is 2.73. The van der Waals surface area contributed by atoms with E-state index >= 15 is 0 Å². The lowest BCUT2D eigenvalue weighted by atomic mass is 10.1. The van der Waals surface area contributed by atoms with Crippen LogP contribution in [0.4, 0.5) is 5.69 Å². The zero-order valence-corrected chi connectivity index (χ0v) is 17.1. The predicted molar refractivity (Wildman–Crippen MR) is 115 cm³/mol. The van der Waals surface area contributed by atoms with E-state index in [4.69, 9.17) is 4.74 Å². The van der Waals surface area contributed by atoms with E-state index in [1.165, 1.54) is 6.21 Å². The SMILES string of the molecule is O=C(N/N=C/c1cccc(OCc2ccc(Br)cc2)c1)c1cc([N+](=O)[O-])ccc1O. The smallest absolute Gasteiger partial charge is 0.275 e.